The van der Waals surface area contributed by atoms with E-state index in [1.54, 1.807) is 29.2 Å². The average Bonchev–Trinajstić information content (AvgIpc) is 3.12. The molecule has 9 heteroatoms. The van der Waals surface area contributed by atoms with Crippen LogP contribution >= 0.6 is 22.9 Å². The van der Waals surface area contributed by atoms with Gasteiger partial charge in [-0.2, -0.15) is 0 Å². The molecular formula is C17H19ClN4O3S. The van der Waals surface area contributed by atoms with E-state index in [2.05, 4.69) is 15.5 Å². The number of hydrogen-bond donors (Lipinski definition) is 1. The Bertz CT molecular complexity index is 790. The fourth-order valence-electron chi connectivity index (χ4n) is 2.83. The van der Waals surface area contributed by atoms with E-state index in [4.69, 9.17) is 16.3 Å². The number of anilines is 1. The van der Waals surface area contributed by atoms with Crippen molar-refractivity contribution in [2.75, 3.05) is 32.1 Å². The van der Waals surface area contributed by atoms with Gasteiger partial charge in [-0.05, 0) is 31.0 Å². The Morgan fingerprint density at radius 2 is 2.12 bits per heavy atom. The second kappa shape index (κ2) is 8.57. The minimum atomic E-state index is -0.302. The Labute approximate surface area is 160 Å². The Kier molecular flexibility index (Phi) is 6.18. The molecule has 1 fully saturated rings. The molecule has 1 aliphatic heterocycles. The number of benzene rings is 1. The van der Waals surface area contributed by atoms with Crippen molar-refractivity contribution in [3.05, 3.63) is 39.3 Å². The Morgan fingerprint density at radius 1 is 1.35 bits per heavy atom. The topological polar surface area (TPSA) is 84.4 Å². The van der Waals surface area contributed by atoms with Crippen molar-refractivity contribution < 1.29 is 14.3 Å². The van der Waals surface area contributed by atoms with Crippen LogP contribution in [0.25, 0.3) is 0 Å². The molecule has 0 saturated carbocycles. The summed E-state index contributed by atoms with van der Waals surface area (Å²) in [5.74, 6) is -0.0830. The number of carbonyl (C=O) groups excluding carboxylic acids is 2. The van der Waals surface area contributed by atoms with Crippen molar-refractivity contribution in [1.82, 2.24) is 15.1 Å². The molecule has 1 saturated heterocycles. The fraction of sp³-hybridized carbons (Fsp3) is 0.412. The highest BCUT2D eigenvalue weighted by molar-refractivity contribution is 7.13. The standard InChI is InChI=1S/C17H19ClN4O3S/c1-25-10-14(23)22-7-5-11(6-8-22)16-20-21-17(26-16)15(24)19-13-4-2-3-12(18)9-13/h2-4,9,11H,5-8,10H2,1H3,(H,19,24). The van der Waals surface area contributed by atoms with Crippen LogP contribution in [0.2, 0.25) is 5.02 Å². The van der Waals surface area contributed by atoms with Crippen molar-refractivity contribution in [2.24, 2.45) is 0 Å². The number of ether oxygens (including phenoxy) is 1. The van der Waals surface area contributed by atoms with Crippen LogP contribution in [0, 0.1) is 0 Å². The number of amides is 2. The van der Waals surface area contributed by atoms with Gasteiger partial charge < -0.3 is 15.0 Å². The van der Waals surface area contributed by atoms with Gasteiger partial charge in [0.25, 0.3) is 5.91 Å². The second-order valence-corrected chi connectivity index (χ2v) is 7.44. The largest absolute Gasteiger partial charge is 0.375 e. The Hall–Kier alpha value is -2.03. The van der Waals surface area contributed by atoms with E-state index in [9.17, 15) is 9.59 Å². The number of nitrogens with zero attached hydrogens (tertiary/aromatic N) is 3. The van der Waals surface area contributed by atoms with Crippen LogP contribution in [-0.4, -0.2) is 53.7 Å². The van der Waals surface area contributed by atoms with Crippen LogP contribution in [0.5, 0.6) is 0 Å². The van der Waals surface area contributed by atoms with Crippen LogP contribution in [0.3, 0.4) is 0 Å². The van der Waals surface area contributed by atoms with Gasteiger partial charge >= 0.3 is 0 Å². The molecule has 0 bridgehead atoms. The van der Waals surface area contributed by atoms with E-state index < -0.39 is 0 Å². The molecule has 26 heavy (non-hydrogen) atoms. The number of rotatable bonds is 5. The lowest BCUT2D eigenvalue weighted by Crippen LogP contribution is -2.39. The Balaban J connectivity index is 1.58. The lowest BCUT2D eigenvalue weighted by atomic mass is 9.98. The number of carbonyl (C=O) groups is 2. The zero-order valence-corrected chi connectivity index (χ0v) is 15.8. The summed E-state index contributed by atoms with van der Waals surface area (Å²) in [5, 5.41) is 12.7. The van der Waals surface area contributed by atoms with Gasteiger partial charge in [0.1, 0.15) is 11.6 Å². The third kappa shape index (κ3) is 4.57. The van der Waals surface area contributed by atoms with Gasteiger partial charge in [0.15, 0.2) is 0 Å². The molecule has 1 aliphatic rings. The second-order valence-electron chi connectivity index (χ2n) is 6.00. The molecule has 2 heterocycles. The van der Waals surface area contributed by atoms with E-state index in [0.717, 1.165) is 17.8 Å². The van der Waals surface area contributed by atoms with E-state index in [0.29, 0.717) is 28.8 Å². The summed E-state index contributed by atoms with van der Waals surface area (Å²) in [6, 6.07) is 6.94. The van der Waals surface area contributed by atoms with Gasteiger partial charge in [0.05, 0.1) is 0 Å². The molecule has 0 atom stereocenters. The highest BCUT2D eigenvalue weighted by Gasteiger charge is 2.27. The highest BCUT2D eigenvalue weighted by Crippen LogP contribution is 2.30. The average molecular weight is 395 g/mol. The summed E-state index contributed by atoms with van der Waals surface area (Å²) in [5.41, 5.74) is 0.615. The van der Waals surface area contributed by atoms with Gasteiger partial charge in [-0.15, -0.1) is 10.2 Å². The summed E-state index contributed by atoms with van der Waals surface area (Å²) >= 11 is 7.22. The first-order chi connectivity index (χ1) is 12.6. The highest BCUT2D eigenvalue weighted by atomic mass is 35.5. The first kappa shape index (κ1) is 18.8. The smallest absolute Gasteiger partial charge is 0.286 e. The normalized spacial score (nSPS) is 15.1. The van der Waals surface area contributed by atoms with E-state index in [1.807, 2.05) is 0 Å². The molecule has 3 rings (SSSR count). The van der Waals surface area contributed by atoms with Gasteiger partial charge in [0.2, 0.25) is 10.9 Å². The van der Waals surface area contributed by atoms with E-state index in [-0.39, 0.29) is 24.3 Å². The molecule has 138 valence electrons. The SMILES string of the molecule is COCC(=O)N1CCC(c2nnc(C(=O)Nc3cccc(Cl)c3)s2)CC1. The molecule has 0 aliphatic carbocycles. The molecule has 1 aromatic heterocycles. The van der Waals surface area contributed by atoms with Crippen molar-refractivity contribution in [3.8, 4) is 0 Å². The van der Waals surface area contributed by atoms with Crippen LogP contribution in [0.1, 0.15) is 33.6 Å². The summed E-state index contributed by atoms with van der Waals surface area (Å²) in [4.78, 5) is 26.0. The minimum Gasteiger partial charge on any atom is -0.375 e. The quantitative estimate of drug-likeness (QED) is 0.842. The first-order valence-electron chi connectivity index (χ1n) is 8.24. The maximum atomic E-state index is 12.3. The number of aromatic nitrogens is 2. The van der Waals surface area contributed by atoms with Crippen molar-refractivity contribution in [2.45, 2.75) is 18.8 Å². The van der Waals surface area contributed by atoms with Gasteiger partial charge in [0, 0.05) is 36.8 Å². The molecular weight excluding hydrogens is 376 g/mol. The zero-order chi connectivity index (χ0) is 18.5. The van der Waals surface area contributed by atoms with Crippen LogP contribution < -0.4 is 5.32 Å². The monoisotopic (exact) mass is 394 g/mol. The third-order valence-corrected chi connectivity index (χ3v) is 5.50. The number of methoxy groups -OCH3 is 1. The summed E-state index contributed by atoms with van der Waals surface area (Å²) in [6.45, 7) is 1.43. The molecule has 0 radical (unpaired) electrons. The molecule has 0 unspecified atom stereocenters. The molecule has 1 N–H and O–H groups in total. The molecule has 1 aromatic carbocycles. The minimum absolute atomic E-state index is 0.00445. The number of nitrogens with one attached hydrogen (secondary N) is 1. The fourth-order valence-corrected chi connectivity index (χ4v) is 3.93. The number of hydrogen-bond acceptors (Lipinski definition) is 6. The van der Waals surface area contributed by atoms with Gasteiger partial charge in [-0.3, -0.25) is 9.59 Å². The predicted octanol–water partition coefficient (Wildman–Crippen LogP) is 2.80. The van der Waals surface area contributed by atoms with Crippen molar-refractivity contribution in [1.29, 1.82) is 0 Å². The van der Waals surface area contributed by atoms with Crippen molar-refractivity contribution in [3.63, 3.8) is 0 Å². The number of likely N-dealkylation sites (tertiary alicyclic amines) is 1. The van der Waals surface area contributed by atoms with Crippen molar-refractivity contribution >= 4 is 40.4 Å². The van der Waals surface area contributed by atoms with E-state index >= 15 is 0 Å². The third-order valence-electron chi connectivity index (χ3n) is 4.18. The molecule has 2 aromatic rings. The lowest BCUT2D eigenvalue weighted by Gasteiger charge is -2.30. The first-order valence-corrected chi connectivity index (χ1v) is 9.43. The predicted molar refractivity (Wildman–Crippen MR) is 99.7 cm³/mol. The summed E-state index contributed by atoms with van der Waals surface area (Å²) < 4.78 is 4.89. The number of piperidine rings is 1. The summed E-state index contributed by atoms with van der Waals surface area (Å²) in [6.07, 6.45) is 1.61. The van der Waals surface area contributed by atoms with E-state index in [1.165, 1.54) is 18.4 Å². The van der Waals surface area contributed by atoms with Gasteiger partial charge in [-0.25, -0.2) is 0 Å². The number of halogens is 1. The van der Waals surface area contributed by atoms with Crippen LogP contribution in [0.4, 0.5) is 5.69 Å². The maximum Gasteiger partial charge on any atom is 0.286 e. The van der Waals surface area contributed by atoms with Gasteiger partial charge in [-0.1, -0.05) is 29.0 Å². The molecule has 7 nitrogen and oxygen atoms in total. The molecule has 2 amide bonds. The summed E-state index contributed by atoms with van der Waals surface area (Å²) in [7, 11) is 1.52. The molecule has 0 spiro atoms. The van der Waals surface area contributed by atoms with Crippen LogP contribution in [-0.2, 0) is 9.53 Å². The Morgan fingerprint density at radius 3 is 2.81 bits per heavy atom. The van der Waals surface area contributed by atoms with Crippen LogP contribution in [0.15, 0.2) is 24.3 Å². The maximum absolute atomic E-state index is 12.3. The lowest BCUT2D eigenvalue weighted by molar-refractivity contribution is -0.136. The zero-order valence-electron chi connectivity index (χ0n) is 14.3.